The summed E-state index contributed by atoms with van der Waals surface area (Å²) in [6.07, 6.45) is 0.816. The van der Waals surface area contributed by atoms with Crippen molar-refractivity contribution in [3.05, 3.63) is 35.9 Å². The highest BCUT2D eigenvalue weighted by atomic mass is 16.2. The van der Waals surface area contributed by atoms with Crippen LogP contribution in [-0.2, 0) is 4.79 Å². The van der Waals surface area contributed by atoms with Crippen LogP contribution in [0, 0.1) is 0 Å². The van der Waals surface area contributed by atoms with Crippen LogP contribution in [0.25, 0.3) is 0 Å². The Morgan fingerprint density at radius 1 is 1.08 bits per heavy atom. The van der Waals surface area contributed by atoms with Crippen molar-refractivity contribution in [1.82, 2.24) is 14.7 Å². The van der Waals surface area contributed by atoms with Crippen LogP contribution in [0.15, 0.2) is 35.3 Å². The number of piperazine rings is 1. The average Bonchev–Trinajstić information content (AvgIpc) is 3.13. The number of guanidine groups is 1. The molecule has 1 aromatic rings. The standard InChI is InChI=1S/C19H28N4O/c1-3-17(16-8-6-5-7-9-16)18(24)23-11-10-20-19(23)22-14-12-21(4-2)13-15-22/h5-9,17H,3-4,10-15H2,1-2H3. The van der Waals surface area contributed by atoms with Gasteiger partial charge in [0.1, 0.15) is 0 Å². The Bertz CT molecular complexity index is 578. The first-order chi connectivity index (χ1) is 11.7. The molecule has 130 valence electrons. The van der Waals surface area contributed by atoms with Gasteiger partial charge in [0.15, 0.2) is 0 Å². The van der Waals surface area contributed by atoms with Crippen LogP contribution < -0.4 is 0 Å². The number of aliphatic imine (C=N–C) groups is 1. The molecule has 0 bridgehead atoms. The number of benzene rings is 1. The fraction of sp³-hybridized carbons (Fsp3) is 0.579. The van der Waals surface area contributed by atoms with E-state index in [9.17, 15) is 4.79 Å². The van der Waals surface area contributed by atoms with Crippen LogP contribution in [0.5, 0.6) is 0 Å². The molecule has 2 heterocycles. The Hall–Kier alpha value is -1.88. The summed E-state index contributed by atoms with van der Waals surface area (Å²) in [5.41, 5.74) is 1.10. The van der Waals surface area contributed by atoms with Crippen molar-refractivity contribution in [2.24, 2.45) is 4.99 Å². The summed E-state index contributed by atoms with van der Waals surface area (Å²) in [7, 11) is 0. The monoisotopic (exact) mass is 328 g/mol. The topological polar surface area (TPSA) is 39.2 Å². The Morgan fingerprint density at radius 3 is 2.42 bits per heavy atom. The molecule has 1 aromatic carbocycles. The fourth-order valence-corrected chi connectivity index (χ4v) is 3.61. The van der Waals surface area contributed by atoms with Crippen LogP contribution >= 0.6 is 0 Å². The smallest absolute Gasteiger partial charge is 0.236 e. The third kappa shape index (κ3) is 3.46. The summed E-state index contributed by atoms with van der Waals surface area (Å²) in [6, 6.07) is 10.1. The van der Waals surface area contributed by atoms with Gasteiger partial charge in [0.25, 0.3) is 0 Å². The molecule has 3 rings (SSSR count). The highest BCUT2D eigenvalue weighted by molar-refractivity contribution is 6.01. The van der Waals surface area contributed by atoms with E-state index in [0.29, 0.717) is 6.54 Å². The molecule has 0 aliphatic carbocycles. The number of carbonyl (C=O) groups is 1. The summed E-state index contributed by atoms with van der Waals surface area (Å²) in [5, 5.41) is 0. The number of rotatable bonds is 4. The number of hydrogen-bond donors (Lipinski definition) is 0. The van der Waals surface area contributed by atoms with Gasteiger partial charge in [-0.25, -0.2) is 0 Å². The van der Waals surface area contributed by atoms with E-state index in [4.69, 9.17) is 0 Å². The lowest BCUT2D eigenvalue weighted by molar-refractivity contribution is -0.129. The van der Waals surface area contributed by atoms with Gasteiger partial charge in [0.2, 0.25) is 11.9 Å². The first-order valence-electron chi connectivity index (χ1n) is 9.12. The Balaban J connectivity index is 1.71. The second-order valence-electron chi connectivity index (χ2n) is 6.46. The highest BCUT2D eigenvalue weighted by Crippen LogP contribution is 2.24. The van der Waals surface area contributed by atoms with Crippen LogP contribution in [0.1, 0.15) is 31.7 Å². The van der Waals surface area contributed by atoms with Gasteiger partial charge in [-0.15, -0.1) is 0 Å². The quantitative estimate of drug-likeness (QED) is 0.849. The normalized spacial score (nSPS) is 20.2. The predicted molar refractivity (Wildman–Crippen MR) is 97.2 cm³/mol. The van der Waals surface area contributed by atoms with Gasteiger partial charge in [-0.2, -0.15) is 0 Å². The Labute approximate surface area is 145 Å². The van der Waals surface area contributed by atoms with E-state index < -0.39 is 0 Å². The average molecular weight is 328 g/mol. The van der Waals surface area contributed by atoms with Gasteiger partial charge < -0.3 is 9.80 Å². The highest BCUT2D eigenvalue weighted by Gasteiger charge is 2.33. The third-order valence-electron chi connectivity index (χ3n) is 5.09. The number of likely N-dealkylation sites (N-methyl/N-ethyl adjacent to an activating group) is 1. The Kier molecular flexibility index (Phi) is 5.51. The maximum atomic E-state index is 13.2. The number of amides is 1. The molecule has 1 unspecified atom stereocenters. The van der Waals surface area contributed by atoms with E-state index in [0.717, 1.165) is 57.2 Å². The van der Waals surface area contributed by atoms with Gasteiger partial charge in [0.05, 0.1) is 12.5 Å². The van der Waals surface area contributed by atoms with Crippen LogP contribution in [0.4, 0.5) is 0 Å². The summed E-state index contributed by atoms with van der Waals surface area (Å²) < 4.78 is 0. The lowest BCUT2D eigenvalue weighted by Gasteiger charge is -2.38. The van der Waals surface area contributed by atoms with E-state index in [1.165, 1.54) is 0 Å². The molecule has 24 heavy (non-hydrogen) atoms. The summed E-state index contributed by atoms with van der Waals surface area (Å²) >= 11 is 0. The maximum absolute atomic E-state index is 13.2. The first-order valence-corrected chi connectivity index (χ1v) is 9.12. The second kappa shape index (κ2) is 7.79. The molecule has 1 saturated heterocycles. The third-order valence-corrected chi connectivity index (χ3v) is 5.09. The first kappa shape index (κ1) is 17.0. The van der Waals surface area contributed by atoms with E-state index in [2.05, 4.69) is 40.8 Å². The molecule has 0 aromatic heterocycles. The van der Waals surface area contributed by atoms with Crippen molar-refractivity contribution >= 4 is 11.9 Å². The van der Waals surface area contributed by atoms with Gasteiger partial charge >= 0.3 is 0 Å². The van der Waals surface area contributed by atoms with Crippen molar-refractivity contribution in [1.29, 1.82) is 0 Å². The second-order valence-corrected chi connectivity index (χ2v) is 6.46. The van der Waals surface area contributed by atoms with Crippen molar-refractivity contribution in [3.63, 3.8) is 0 Å². The largest absolute Gasteiger partial charge is 0.340 e. The molecular formula is C19H28N4O. The van der Waals surface area contributed by atoms with Crippen LogP contribution in [0.3, 0.4) is 0 Å². The lowest BCUT2D eigenvalue weighted by Crippen LogP contribution is -2.54. The molecule has 1 atom stereocenters. The van der Waals surface area contributed by atoms with Gasteiger partial charge in [-0.1, -0.05) is 44.2 Å². The minimum absolute atomic E-state index is 0.0774. The van der Waals surface area contributed by atoms with E-state index in [-0.39, 0.29) is 11.8 Å². The zero-order valence-electron chi connectivity index (χ0n) is 14.8. The lowest BCUT2D eigenvalue weighted by atomic mass is 9.95. The fourth-order valence-electron chi connectivity index (χ4n) is 3.61. The molecule has 0 N–H and O–H groups in total. The van der Waals surface area contributed by atoms with E-state index in [1.54, 1.807) is 0 Å². The molecule has 1 amide bonds. The maximum Gasteiger partial charge on any atom is 0.236 e. The molecule has 2 aliphatic rings. The molecule has 2 aliphatic heterocycles. The number of hydrogen-bond acceptors (Lipinski definition) is 4. The van der Waals surface area contributed by atoms with Gasteiger partial charge in [0, 0.05) is 32.7 Å². The zero-order chi connectivity index (χ0) is 16.9. The van der Waals surface area contributed by atoms with Crippen LogP contribution in [-0.4, -0.2) is 72.4 Å². The summed E-state index contributed by atoms with van der Waals surface area (Å²) in [4.78, 5) is 24.5. The minimum atomic E-state index is -0.0774. The molecule has 5 nitrogen and oxygen atoms in total. The molecule has 5 heteroatoms. The Morgan fingerprint density at radius 2 is 1.79 bits per heavy atom. The van der Waals surface area contributed by atoms with Crippen molar-refractivity contribution in [2.75, 3.05) is 45.8 Å². The molecular weight excluding hydrogens is 300 g/mol. The molecule has 1 fully saturated rings. The van der Waals surface area contributed by atoms with Crippen molar-refractivity contribution in [3.8, 4) is 0 Å². The van der Waals surface area contributed by atoms with E-state index in [1.807, 2.05) is 23.1 Å². The predicted octanol–water partition coefficient (Wildman–Crippen LogP) is 2.02. The SMILES string of the molecule is CCC(C(=O)N1CCN=C1N1CCN(CC)CC1)c1ccccc1. The van der Waals surface area contributed by atoms with Gasteiger partial charge in [-0.3, -0.25) is 14.7 Å². The van der Waals surface area contributed by atoms with Crippen LogP contribution in [0.2, 0.25) is 0 Å². The minimum Gasteiger partial charge on any atom is -0.340 e. The molecule has 0 saturated carbocycles. The molecule has 0 spiro atoms. The van der Waals surface area contributed by atoms with Crippen molar-refractivity contribution < 1.29 is 4.79 Å². The summed E-state index contributed by atoms with van der Waals surface area (Å²) in [5.74, 6) is 1.01. The van der Waals surface area contributed by atoms with Gasteiger partial charge in [-0.05, 0) is 18.5 Å². The number of carbonyl (C=O) groups excluding carboxylic acids is 1. The summed E-state index contributed by atoms with van der Waals surface area (Å²) in [6.45, 7) is 10.8. The number of nitrogens with zero attached hydrogens (tertiary/aromatic N) is 4. The van der Waals surface area contributed by atoms with E-state index >= 15 is 0 Å². The van der Waals surface area contributed by atoms with Crippen molar-refractivity contribution in [2.45, 2.75) is 26.2 Å². The zero-order valence-corrected chi connectivity index (χ0v) is 14.8. The molecule has 0 radical (unpaired) electrons.